The third-order valence-electron chi connectivity index (χ3n) is 2.67. The van der Waals surface area contributed by atoms with Gasteiger partial charge < -0.3 is 15.7 Å². The number of nitrogens with one attached hydrogen (secondary N) is 2. The number of carbonyl (C=O) groups is 1. The van der Waals surface area contributed by atoms with Crippen molar-refractivity contribution >= 4 is 34.5 Å². The van der Waals surface area contributed by atoms with E-state index in [-0.39, 0.29) is 10.7 Å². The molecule has 0 fully saturated rings. The topological polar surface area (TPSA) is 61.4 Å². The van der Waals surface area contributed by atoms with E-state index in [2.05, 4.69) is 10.6 Å². The van der Waals surface area contributed by atoms with Gasteiger partial charge in [-0.15, -0.1) is 0 Å². The lowest BCUT2D eigenvalue weighted by Gasteiger charge is -2.10. The number of phenols is 1. The fourth-order valence-corrected chi connectivity index (χ4v) is 1.74. The summed E-state index contributed by atoms with van der Waals surface area (Å²) >= 11 is 5.01. The number of phenolic OH excluding ortho intramolecular Hbond substituents is 1. The van der Waals surface area contributed by atoms with Gasteiger partial charge in [-0.25, -0.2) is 0 Å². The van der Waals surface area contributed by atoms with Crippen LogP contribution >= 0.6 is 12.2 Å². The van der Waals surface area contributed by atoms with Crippen molar-refractivity contribution in [1.82, 2.24) is 0 Å². The zero-order valence-corrected chi connectivity index (χ0v) is 11.7. The van der Waals surface area contributed by atoms with Gasteiger partial charge in [0, 0.05) is 5.69 Å². The van der Waals surface area contributed by atoms with Gasteiger partial charge in [-0.05, 0) is 31.2 Å². The average molecular weight is 286 g/mol. The molecule has 0 aliphatic heterocycles. The van der Waals surface area contributed by atoms with E-state index in [4.69, 9.17) is 12.2 Å². The molecule has 0 radical (unpaired) electrons. The summed E-state index contributed by atoms with van der Waals surface area (Å²) in [6.45, 7) is 1.97. The number of para-hydroxylation sites is 2. The van der Waals surface area contributed by atoms with Crippen LogP contribution in [0.25, 0.3) is 0 Å². The molecular formula is C15H14N2O2S. The molecule has 0 spiro atoms. The van der Waals surface area contributed by atoms with E-state index >= 15 is 0 Å². The van der Waals surface area contributed by atoms with Gasteiger partial charge in [-0.3, -0.25) is 4.79 Å². The van der Waals surface area contributed by atoms with Crippen molar-refractivity contribution in [2.45, 2.75) is 6.92 Å². The molecule has 0 saturated carbocycles. The second-order valence-electron chi connectivity index (χ2n) is 4.29. The fraction of sp³-hybridized carbons (Fsp3) is 0.0667. The minimum Gasteiger partial charge on any atom is -0.506 e. The maximum absolute atomic E-state index is 11.9. The van der Waals surface area contributed by atoms with E-state index in [0.29, 0.717) is 11.4 Å². The first kappa shape index (κ1) is 14.0. The maximum atomic E-state index is 11.9. The van der Waals surface area contributed by atoms with Gasteiger partial charge in [-0.2, -0.15) is 0 Å². The van der Waals surface area contributed by atoms with Crippen molar-refractivity contribution in [3.63, 3.8) is 0 Å². The molecule has 4 nitrogen and oxygen atoms in total. The van der Waals surface area contributed by atoms with Gasteiger partial charge in [0.15, 0.2) is 4.99 Å². The Kier molecular flexibility index (Phi) is 4.32. The lowest BCUT2D eigenvalue weighted by atomic mass is 10.2. The Morgan fingerprint density at radius 3 is 2.35 bits per heavy atom. The van der Waals surface area contributed by atoms with Crippen molar-refractivity contribution in [2.75, 3.05) is 10.6 Å². The molecule has 0 unspecified atom stereocenters. The highest BCUT2D eigenvalue weighted by Crippen LogP contribution is 2.21. The summed E-state index contributed by atoms with van der Waals surface area (Å²) in [5.74, 6) is -0.384. The number of benzene rings is 2. The summed E-state index contributed by atoms with van der Waals surface area (Å²) in [6, 6.07) is 14.0. The lowest BCUT2D eigenvalue weighted by molar-refractivity contribution is -0.110. The zero-order valence-electron chi connectivity index (χ0n) is 10.9. The van der Waals surface area contributed by atoms with Gasteiger partial charge in [0.2, 0.25) is 0 Å². The first-order chi connectivity index (χ1) is 9.56. The first-order valence-corrected chi connectivity index (χ1v) is 6.44. The standard InChI is InChI=1S/C15H14N2O2S/c1-10-6-8-11(9-7-10)16-14(19)15(20)17-12-4-2-3-5-13(12)18/h2-9,18H,1H3,(H,16,19)(H,17,20). The predicted octanol–water partition coefficient (Wildman–Crippen LogP) is 3.08. The quantitative estimate of drug-likeness (QED) is 0.586. The summed E-state index contributed by atoms with van der Waals surface area (Å²) in [5, 5.41) is 15.0. The molecule has 3 N–H and O–H groups in total. The fourth-order valence-electron chi connectivity index (χ4n) is 1.58. The lowest BCUT2D eigenvalue weighted by Crippen LogP contribution is -2.27. The van der Waals surface area contributed by atoms with E-state index in [1.54, 1.807) is 30.3 Å². The minimum atomic E-state index is -0.424. The van der Waals surface area contributed by atoms with E-state index in [1.165, 1.54) is 6.07 Å². The number of hydrogen-bond acceptors (Lipinski definition) is 3. The van der Waals surface area contributed by atoms with Crippen molar-refractivity contribution in [3.05, 3.63) is 54.1 Å². The van der Waals surface area contributed by atoms with Crippen molar-refractivity contribution in [2.24, 2.45) is 0 Å². The molecule has 2 rings (SSSR count). The number of anilines is 2. The summed E-state index contributed by atoms with van der Waals surface area (Å²) in [6.07, 6.45) is 0. The summed E-state index contributed by atoms with van der Waals surface area (Å²) in [4.78, 5) is 11.9. The summed E-state index contributed by atoms with van der Waals surface area (Å²) in [5.41, 5.74) is 2.18. The number of aromatic hydroxyl groups is 1. The van der Waals surface area contributed by atoms with Crippen LogP contribution in [0.1, 0.15) is 5.56 Å². The molecule has 0 aliphatic carbocycles. The molecule has 2 aromatic rings. The first-order valence-electron chi connectivity index (χ1n) is 6.03. The third kappa shape index (κ3) is 3.55. The van der Waals surface area contributed by atoms with Gasteiger partial charge in [0.05, 0.1) is 5.69 Å². The Bertz CT molecular complexity index is 639. The van der Waals surface area contributed by atoms with Gasteiger partial charge in [-0.1, -0.05) is 42.0 Å². The normalized spacial score (nSPS) is 9.85. The van der Waals surface area contributed by atoms with Crippen LogP contribution in [0, 0.1) is 6.92 Å². The van der Waals surface area contributed by atoms with Gasteiger partial charge in [0.25, 0.3) is 5.91 Å². The van der Waals surface area contributed by atoms with Crippen molar-refractivity contribution < 1.29 is 9.90 Å². The van der Waals surface area contributed by atoms with Crippen LogP contribution in [0.15, 0.2) is 48.5 Å². The Morgan fingerprint density at radius 2 is 1.70 bits per heavy atom. The SMILES string of the molecule is Cc1ccc(NC(=O)C(=S)Nc2ccccc2O)cc1. The van der Waals surface area contributed by atoms with Crippen molar-refractivity contribution in [1.29, 1.82) is 0 Å². The highest BCUT2D eigenvalue weighted by Gasteiger charge is 2.11. The van der Waals surface area contributed by atoms with Crippen LogP contribution in [0.3, 0.4) is 0 Å². The molecule has 0 atom stereocenters. The molecule has 20 heavy (non-hydrogen) atoms. The highest BCUT2D eigenvalue weighted by atomic mass is 32.1. The Hall–Kier alpha value is -2.40. The smallest absolute Gasteiger partial charge is 0.283 e. The molecule has 0 aromatic heterocycles. The van der Waals surface area contributed by atoms with Crippen LogP contribution in [-0.4, -0.2) is 16.0 Å². The van der Waals surface area contributed by atoms with E-state index in [0.717, 1.165) is 5.56 Å². The average Bonchev–Trinajstić information content (AvgIpc) is 2.44. The second kappa shape index (κ2) is 6.16. The van der Waals surface area contributed by atoms with Crippen molar-refractivity contribution in [3.8, 4) is 5.75 Å². The molecule has 102 valence electrons. The Morgan fingerprint density at radius 1 is 1.05 bits per heavy atom. The molecule has 5 heteroatoms. The molecule has 0 saturated heterocycles. The van der Waals surface area contributed by atoms with Crippen LogP contribution in [0.5, 0.6) is 5.75 Å². The molecular weight excluding hydrogens is 272 g/mol. The van der Waals surface area contributed by atoms with Crippen LogP contribution in [0.2, 0.25) is 0 Å². The molecule has 2 aromatic carbocycles. The molecule has 0 heterocycles. The maximum Gasteiger partial charge on any atom is 0.283 e. The number of hydrogen-bond donors (Lipinski definition) is 3. The molecule has 1 amide bonds. The number of rotatable bonds is 2. The number of aryl methyl sites for hydroxylation is 1. The van der Waals surface area contributed by atoms with Gasteiger partial charge >= 0.3 is 0 Å². The molecule has 0 aliphatic rings. The monoisotopic (exact) mass is 286 g/mol. The van der Waals surface area contributed by atoms with E-state index in [1.807, 2.05) is 19.1 Å². The third-order valence-corrected chi connectivity index (χ3v) is 2.96. The largest absolute Gasteiger partial charge is 0.506 e. The Labute approximate surface area is 122 Å². The predicted molar refractivity (Wildman–Crippen MR) is 84.1 cm³/mol. The minimum absolute atomic E-state index is 0.00734. The van der Waals surface area contributed by atoms with E-state index < -0.39 is 5.91 Å². The van der Waals surface area contributed by atoms with Crippen LogP contribution in [-0.2, 0) is 4.79 Å². The highest BCUT2D eigenvalue weighted by molar-refractivity contribution is 7.82. The number of thiocarbonyl (C=S) groups is 1. The van der Waals surface area contributed by atoms with Crippen LogP contribution < -0.4 is 10.6 Å². The Balaban J connectivity index is 2.01. The second-order valence-corrected chi connectivity index (χ2v) is 4.70. The zero-order chi connectivity index (χ0) is 14.5. The van der Waals surface area contributed by atoms with Gasteiger partial charge in [0.1, 0.15) is 5.75 Å². The molecule has 0 bridgehead atoms. The summed E-state index contributed by atoms with van der Waals surface area (Å²) in [7, 11) is 0. The summed E-state index contributed by atoms with van der Waals surface area (Å²) < 4.78 is 0. The number of amides is 1. The van der Waals surface area contributed by atoms with Crippen LogP contribution in [0.4, 0.5) is 11.4 Å². The number of carbonyl (C=O) groups excluding carboxylic acids is 1. The van der Waals surface area contributed by atoms with E-state index in [9.17, 15) is 9.90 Å².